The summed E-state index contributed by atoms with van der Waals surface area (Å²) >= 11 is 0. The molecule has 1 spiro atoms. The largest absolute Gasteiger partial charge is 0.360 e. The van der Waals surface area contributed by atoms with Crippen LogP contribution >= 0.6 is 0 Å². The summed E-state index contributed by atoms with van der Waals surface area (Å²) in [6.07, 6.45) is 13.4. The van der Waals surface area contributed by atoms with E-state index < -0.39 is 0 Å². The van der Waals surface area contributed by atoms with Crippen LogP contribution < -0.4 is 0 Å². The first kappa shape index (κ1) is 27.2. The van der Waals surface area contributed by atoms with Gasteiger partial charge in [0.05, 0.1) is 29.9 Å². The molecule has 0 aliphatic carbocycles. The van der Waals surface area contributed by atoms with Crippen molar-refractivity contribution in [1.82, 2.24) is 29.2 Å². The number of nitriles is 1. The van der Waals surface area contributed by atoms with Crippen molar-refractivity contribution in [2.24, 2.45) is 17.5 Å². The molecule has 1 aromatic carbocycles. The fourth-order valence-electron chi connectivity index (χ4n) is 6.07. The first-order valence-corrected chi connectivity index (χ1v) is 14.2. The van der Waals surface area contributed by atoms with Gasteiger partial charge in [0, 0.05) is 79.5 Å². The summed E-state index contributed by atoms with van der Waals surface area (Å²) in [4.78, 5) is 21.9. The third kappa shape index (κ3) is 5.23. The van der Waals surface area contributed by atoms with Gasteiger partial charge in [-0.2, -0.15) is 15.5 Å². The molecule has 2 aliphatic rings. The lowest BCUT2D eigenvalue weighted by molar-refractivity contribution is -0.145. The normalized spacial score (nSPS) is 16.9. The second-order valence-electron chi connectivity index (χ2n) is 11.4. The van der Waals surface area contributed by atoms with Crippen LogP contribution in [0.15, 0.2) is 85.0 Å². The predicted octanol–water partition coefficient (Wildman–Crippen LogP) is 4.72. The number of hydrogen-bond donors (Lipinski definition) is 0. The smallest absolute Gasteiger partial charge is 0.227 e. The van der Waals surface area contributed by atoms with E-state index in [-0.39, 0.29) is 11.3 Å². The Morgan fingerprint density at radius 1 is 1.10 bits per heavy atom. The van der Waals surface area contributed by atoms with Crippen molar-refractivity contribution in [3.05, 3.63) is 96.7 Å². The van der Waals surface area contributed by atoms with E-state index in [1.807, 2.05) is 80.1 Å². The Balaban J connectivity index is 1.16. The van der Waals surface area contributed by atoms with Crippen molar-refractivity contribution < 1.29 is 4.79 Å². The van der Waals surface area contributed by atoms with E-state index >= 15 is 0 Å². The molecule has 0 saturated carbocycles. The van der Waals surface area contributed by atoms with Crippen molar-refractivity contribution in [2.45, 2.75) is 26.2 Å². The van der Waals surface area contributed by atoms with Gasteiger partial charge < -0.3 is 9.80 Å². The molecular weight excluding hydrogens is 524 g/mol. The number of carbonyl (C=O) groups is 1. The van der Waals surface area contributed by atoms with E-state index in [2.05, 4.69) is 27.7 Å². The minimum atomic E-state index is 0.216. The van der Waals surface area contributed by atoms with Crippen molar-refractivity contribution in [3.8, 4) is 17.2 Å². The van der Waals surface area contributed by atoms with E-state index in [0.29, 0.717) is 12.0 Å². The fraction of sp³-hybridized carbons (Fsp3) is 0.303. The molecule has 4 aromatic rings. The lowest BCUT2D eigenvalue weighted by atomic mass is 9.72. The molecule has 3 aromatic heterocycles. The molecule has 9 heteroatoms. The quantitative estimate of drug-likeness (QED) is 0.194. The number of piperidine rings is 1. The number of likely N-dealkylation sites (tertiary alicyclic amines) is 2. The van der Waals surface area contributed by atoms with Gasteiger partial charge in [-0.1, -0.05) is 43.0 Å². The molecule has 1 amide bonds. The van der Waals surface area contributed by atoms with Gasteiger partial charge >= 0.3 is 0 Å². The molecular formula is C33H34N8O. The number of aromatic nitrogens is 4. The Labute approximate surface area is 245 Å². The molecule has 6 rings (SSSR count). The summed E-state index contributed by atoms with van der Waals surface area (Å²) in [6.45, 7) is 9.61. The molecule has 0 N–H and O–H groups in total. The first-order chi connectivity index (χ1) is 20.4. The second-order valence-corrected chi connectivity index (χ2v) is 11.4. The van der Waals surface area contributed by atoms with Gasteiger partial charge in [-0.05, 0) is 31.4 Å². The number of rotatable bonds is 6. The molecule has 5 heterocycles. The maximum absolute atomic E-state index is 12.7. The SMILES string of the molecule is C=C/C(=C\N=C(C)N1CCC2(CC1)CN(C(=O)Cc1ccccc1)C2)c1cc(-c2cnn(C)c2)cn2ncc(C#N)c12. The standard InChI is InChI=1S/C33H34N8O/c1-4-26(30-15-27(29-19-36-38(3)20-29)21-41-32(30)28(16-34)18-37-41)17-35-24(2)39-12-10-33(11-13-39)22-40(23-33)31(42)14-25-8-6-5-7-9-25/h4-9,15,17-21H,1,10-14,22-23H2,2-3H3/b26-17+,35-24?. The summed E-state index contributed by atoms with van der Waals surface area (Å²) in [5.41, 5.74) is 6.04. The monoisotopic (exact) mass is 558 g/mol. The Bertz CT molecular complexity index is 1740. The van der Waals surface area contributed by atoms with Crippen LogP contribution in [0.5, 0.6) is 0 Å². The lowest BCUT2D eigenvalue weighted by Gasteiger charge is -2.54. The highest BCUT2D eigenvalue weighted by Gasteiger charge is 2.46. The van der Waals surface area contributed by atoms with Crippen LogP contribution in [0.2, 0.25) is 0 Å². The number of amidine groups is 1. The number of allylic oxidation sites excluding steroid dienone is 2. The number of aliphatic imine (C=N–C) groups is 1. The minimum Gasteiger partial charge on any atom is -0.360 e. The van der Waals surface area contributed by atoms with Crippen LogP contribution in [0, 0.1) is 16.7 Å². The molecule has 0 bridgehead atoms. The second kappa shape index (κ2) is 11.1. The van der Waals surface area contributed by atoms with Crippen LogP contribution in [0.3, 0.4) is 0 Å². The van der Waals surface area contributed by atoms with Crippen molar-refractivity contribution in [3.63, 3.8) is 0 Å². The number of benzene rings is 1. The zero-order valence-corrected chi connectivity index (χ0v) is 24.1. The molecule has 2 aliphatic heterocycles. The van der Waals surface area contributed by atoms with E-state index in [1.54, 1.807) is 21.5 Å². The van der Waals surface area contributed by atoms with Gasteiger partial charge in [0.15, 0.2) is 0 Å². The highest BCUT2D eigenvalue weighted by Crippen LogP contribution is 2.41. The molecule has 2 fully saturated rings. The molecule has 9 nitrogen and oxygen atoms in total. The number of carbonyl (C=O) groups excluding carboxylic acids is 1. The van der Waals surface area contributed by atoms with Gasteiger partial charge in [0.25, 0.3) is 0 Å². The van der Waals surface area contributed by atoms with Crippen LogP contribution in [-0.4, -0.2) is 67.1 Å². The third-order valence-corrected chi connectivity index (χ3v) is 8.58. The Morgan fingerprint density at radius 3 is 2.52 bits per heavy atom. The van der Waals surface area contributed by atoms with Crippen molar-refractivity contribution in [2.75, 3.05) is 26.2 Å². The number of hydrogen-bond acceptors (Lipinski definition) is 5. The Hall–Kier alpha value is -4.97. The summed E-state index contributed by atoms with van der Waals surface area (Å²) in [5, 5.41) is 18.5. The highest BCUT2D eigenvalue weighted by molar-refractivity contribution is 5.90. The van der Waals surface area contributed by atoms with Gasteiger partial charge in [-0.15, -0.1) is 0 Å². The maximum Gasteiger partial charge on any atom is 0.227 e. The van der Waals surface area contributed by atoms with Crippen LogP contribution in [-0.2, 0) is 18.3 Å². The fourth-order valence-corrected chi connectivity index (χ4v) is 6.07. The molecule has 0 unspecified atom stereocenters. The number of fused-ring (bicyclic) bond motifs is 1. The van der Waals surface area contributed by atoms with E-state index in [4.69, 9.17) is 4.99 Å². The lowest BCUT2D eigenvalue weighted by Crippen LogP contribution is -2.62. The minimum absolute atomic E-state index is 0.216. The molecule has 2 saturated heterocycles. The average Bonchev–Trinajstić information content (AvgIpc) is 3.62. The van der Waals surface area contributed by atoms with Gasteiger partial charge in [0.2, 0.25) is 5.91 Å². The van der Waals surface area contributed by atoms with E-state index in [1.165, 1.54) is 0 Å². The highest BCUT2D eigenvalue weighted by atomic mass is 16.2. The maximum atomic E-state index is 12.7. The van der Waals surface area contributed by atoms with Crippen LogP contribution in [0.4, 0.5) is 0 Å². The number of nitrogens with zero attached hydrogens (tertiary/aromatic N) is 8. The summed E-state index contributed by atoms with van der Waals surface area (Å²) < 4.78 is 3.49. The van der Waals surface area contributed by atoms with Crippen LogP contribution in [0.1, 0.15) is 36.5 Å². The first-order valence-electron chi connectivity index (χ1n) is 14.2. The zero-order valence-electron chi connectivity index (χ0n) is 24.1. The third-order valence-electron chi connectivity index (χ3n) is 8.58. The zero-order chi connectivity index (χ0) is 29.3. The van der Waals surface area contributed by atoms with Crippen molar-refractivity contribution in [1.29, 1.82) is 5.26 Å². The van der Waals surface area contributed by atoms with Gasteiger partial charge in [-0.3, -0.25) is 9.48 Å². The topological polar surface area (TPSA) is 94.8 Å². The Morgan fingerprint density at radius 2 is 1.86 bits per heavy atom. The summed E-state index contributed by atoms with van der Waals surface area (Å²) in [7, 11) is 1.88. The van der Waals surface area contributed by atoms with Crippen LogP contribution in [0.25, 0.3) is 22.2 Å². The van der Waals surface area contributed by atoms with E-state index in [9.17, 15) is 10.1 Å². The summed E-state index contributed by atoms with van der Waals surface area (Å²) in [6, 6.07) is 14.3. The number of aryl methyl sites for hydroxylation is 1. The number of amides is 1. The van der Waals surface area contributed by atoms with Crippen molar-refractivity contribution >= 4 is 22.8 Å². The van der Waals surface area contributed by atoms with E-state index in [0.717, 1.165) is 78.2 Å². The molecule has 0 atom stereocenters. The molecule has 212 valence electrons. The summed E-state index contributed by atoms with van der Waals surface area (Å²) in [5.74, 6) is 1.16. The molecule has 42 heavy (non-hydrogen) atoms. The van der Waals surface area contributed by atoms with Gasteiger partial charge in [-0.25, -0.2) is 9.51 Å². The van der Waals surface area contributed by atoms with Gasteiger partial charge in [0.1, 0.15) is 11.9 Å². The Kier molecular flexibility index (Phi) is 7.21. The predicted molar refractivity (Wildman–Crippen MR) is 163 cm³/mol. The number of pyridine rings is 1. The molecule has 0 radical (unpaired) electrons. The average molecular weight is 559 g/mol.